The van der Waals surface area contributed by atoms with Gasteiger partial charge in [-0.2, -0.15) is 0 Å². The molecule has 0 aliphatic carbocycles. The van der Waals surface area contributed by atoms with Gasteiger partial charge >= 0.3 is 0 Å². The molecule has 0 spiro atoms. The molecule has 0 bridgehead atoms. The molecule has 1 N–H and O–H groups in total. The minimum Gasteiger partial charge on any atom is -0.387 e. The summed E-state index contributed by atoms with van der Waals surface area (Å²) in [6.45, 7) is 0.0400. The van der Waals surface area contributed by atoms with E-state index in [0.717, 1.165) is 17.5 Å². The van der Waals surface area contributed by atoms with Crippen LogP contribution in [0.15, 0.2) is 48.5 Å². The van der Waals surface area contributed by atoms with Crippen molar-refractivity contribution >= 4 is 5.91 Å². The van der Waals surface area contributed by atoms with Crippen LogP contribution in [-0.2, 0) is 11.2 Å². The number of benzene rings is 2. The molecular weight excluding hydrogens is 269 g/mol. The Labute approximate surface area is 122 Å². The van der Waals surface area contributed by atoms with E-state index in [1.54, 1.807) is 17.0 Å². The molecule has 1 atom stereocenters. The van der Waals surface area contributed by atoms with E-state index in [1.807, 2.05) is 24.3 Å². The molecule has 0 saturated carbocycles. The molecule has 4 heteroatoms. The molecule has 2 aromatic carbocycles. The van der Waals surface area contributed by atoms with E-state index < -0.39 is 6.61 Å². The van der Waals surface area contributed by atoms with E-state index in [0.29, 0.717) is 6.54 Å². The predicted molar refractivity (Wildman–Crippen MR) is 77.2 cm³/mol. The van der Waals surface area contributed by atoms with Gasteiger partial charge in [-0.1, -0.05) is 36.4 Å². The van der Waals surface area contributed by atoms with Crippen LogP contribution in [0.3, 0.4) is 0 Å². The molecule has 1 aliphatic rings. The summed E-state index contributed by atoms with van der Waals surface area (Å²) < 4.78 is 13.2. The van der Waals surface area contributed by atoms with E-state index in [2.05, 4.69) is 0 Å². The Morgan fingerprint density at radius 2 is 1.90 bits per heavy atom. The number of aliphatic hydroxyl groups excluding tert-OH is 1. The van der Waals surface area contributed by atoms with Gasteiger partial charge in [0.25, 0.3) is 0 Å². The quantitative estimate of drug-likeness (QED) is 0.919. The molecule has 0 radical (unpaired) electrons. The first-order valence-corrected chi connectivity index (χ1v) is 6.94. The molecule has 0 aromatic heterocycles. The van der Waals surface area contributed by atoms with Crippen molar-refractivity contribution < 1.29 is 14.3 Å². The van der Waals surface area contributed by atoms with Crippen LogP contribution in [-0.4, -0.2) is 29.1 Å². The van der Waals surface area contributed by atoms with Gasteiger partial charge in [0.05, 0.1) is 6.04 Å². The van der Waals surface area contributed by atoms with Crippen LogP contribution >= 0.6 is 0 Å². The lowest BCUT2D eigenvalue weighted by atomic mass is 9.88. The third kappa shape index (κ3) is 2.54. The number of hydrogen-bond acceptors (Lipinski definition) is 2. The Bertz CT molecular complexity index is 654. The van der Waals surface area contributed by atoms with Gasteiger partial charge in [0.2, 0.25) is 5.91 Å². The number of aliphatic hydroxyl groups is 1. The Morgan fingerprint density at radius 3 is 2.62 bits per heavy atom. The second-order valence-corrected chi connectivity index (χ2v) is 5.15. The minimum atomic E-state index is -0.514. The van der Waals surface area contributed by atoms with Gasteiger partial charge in [-0.15, -0.1) is 0 Å². The van der Waals surface area contributed by atoms with Crippen molar-refractivity contribution in [2.24, 2.45) is 0 Å². The lowest BCUT2D eigenvalue weighted by molar-refractivity contribution is -0.136. The van der Waals surface area contributed by atoms with Gasteiger partial charge in [0, 0.05) is 6.54 Å². The molecule has 1 heterocycles. The number of rotatable bonds is 2. The van der Waals surface area contributed by atoms with Crippen LogP contribution in [0.5, 0.6) is 0 Å². The number of fused-ring (bicyclic) bond motifs is 1. The zero-order chi connectivity index (χ0) is 14.8. The number of carbonyl (C=O) groups excluding carboxylic acids is 1. The van der Waals surface area contributed by atoms with Crippen molar-refractivity contribution in [3.8, 4) is 0 Å². The maximum atomic E-state index is 13.2. The number of hydrogen-bond donors (Lipinski definition) is 1. The highest BCUT2D eigenvalue weighted by molar-refractivity contribution is 5.78. The molecule has 0 saturated heterocycles. The normalized spacial score (nSPS) is 17.4. The van der Waals surface area contributed by atoms with Gasteiger partial charge in [0.15, 0.2) is 0 Å². The highest BCUT2D eigenvalue weighted by Crippen LogP contribution is 2.35. The number of amides is 1. The van der Waals surface area contributed by atoms with Crippen molar-refractivity contribution in [2.75, 3.05) is 13.2 Å². The summed E-state index contributed by atoms with van der Waals surface area (Å²) in [5.74, 6) is -0.610. The molecular formula is C17H16FNO2. The second-order valence-electron chi connectivity index (χ2n) is 5.15. The fourth-order valence-electron chi connectivity index (χ4n) is 2.93. The topological polar surface area (TPSA) is 40.5 Å². The second kappa shape index (κ2) is 5.66. The van der Waals surface area contributed by atoms with Crippen molar-refractivity contribution in [3.63, 3.8) is 0 Å². The number of halogens is 1. The van der Waals surface area contributed by atoms with Crippen molar-refractivity contribution in [2.45, 2.75) is 12.5 Å². The van der Waals surface area contributed by atoms with E-state index in [4.69, 9.17) is 0 Å². The fraction of sp³-hybridized carbons (Fsp3) is 0.235. The van der Waals surface area contributed by atoms with Crippen LogP contribution in [0.25, 0.3) is 0 Å². The molecule has 0 unspecified atom stereocenters. The number of nitrogens with zero attached hydrogens (tertiary/aromatic N) is 1. The third-order valence-electron chi connectivity index (χ3n) is 3.92. The smallest absolute Gasteiger partial charge is 0.249 e. The van der Waals surface area contributed by atoms with Crippen LogP contribution in [0.1, 0.15) is 22.7 Å². The summed E-state index contributed by atoms with van der Waals surface area (Å²) in [7, 11) is 0. The van der Waals surface area contributed by atoms with Gasteiger partial charge < -0.3 is 10.0 Å². The largest absolute Gasteiger partial charge is 0.387 e. The minimum absolute atomic E-state index is 0.268. The van der Waals surface area contributed by atoms with Gasteiger partial charge in [0.1, 0.15) is 12.4 Å². The van der Waals surface area contributed by atoms with E-state index in [-0.39, 0.29) is 17.8 Å². The van der Waals surface area contributed by atoms with Crippen LogP contribution in [0.2, 0.25) is 0 Å². The SMILES string of the molecule is O=C(CO)N1CCc2ccccc2[C@@H]1c1ccc(F)cc1. The lowest BCUT2D eigenvalue weighted by Crippen LogP contribution is -2.42. The summed E-state index contributed by atoms with van der Waals surface area (Å²) in [5, 5.41) is 9.19. The molecule has 3 nitrogen and oxygen atoms in total. The summed E-state index contributed by atoms with van der Waals surface area (Å²) in [6.07, 6.45) is 0.764. The molecule has 108 valence electrons. The Balaban J connectivity index is 2.09. The molecule has 1 aliphatic heterocycles. The summed E-state index contributed by atoms with van der Waals surface area (Å²) >= 11 is 0. The summed E-state index contributed by atoms with van der Waals surface area (Å²) in [4.78, 5) is 13.7. The molecule has 2 aromatic rings. The lowest BCUT2D eigenvalue weighted by Gasteiger charge is -2.37. The van der Waals surface area contributed by atoms with Gasteiger partial charge in [-0.05, 0) is 35.2 Å². The van der Waals surface area contributed by atoms with Crippen LogP contribution < -0.4 is 0 Å². The molecule has 3 rings (SSSR count). The zero-order valence-corrected chi connectivity index (χ0v) is 11.5. The first-order chi connectivity index (χ1) is 10.2. The maximum Gasteiger partial charge on any atom is 0.249 e. The molecule has 21 heavy (non-hydrogen) atoms. The summed E-state index contributed by atoms with van der Waals surface area (Å²) in [5.41, 5.74) is 3.08. The van der Waals surface area contributed by atoms with E-state index in [9.17, 15) is 14.3 Å². The first-order valence-electron chi connectivity index (χ1n) is 6.94. The Morgan fingerprint density at radius 1 is 1.19 bits per heavy atom. The monoisotopic (exact) mass is 285 g/mol. The number of carbonyl (C=O) groups is 1. The zero-order valence-electron chi connectivity index (χ0n) is 11.5. The van der Waals surface area contributed by atoms with Crippen LogP contribution in [0.4, 0.5) is 4.39 Å². The fourth-order valence-corrected chi connectivity index (χ4v) is 2.93. The molecule has 0 fully saturated rings. The van der Waals surface area contributed by atoms with Crippen LogP contribution in [0, 0.1) is 5.82 Å². The van der Waals surface area contributed by atoms with Crippen molar-refractivity contribution in [3.05, 3.63) is 71.0 Å². The first kappa shape index (κ1) is 13.8. The Hall–Kier alpha value is -2.20. The van der Waals surface area contributed by atoms with Gasteiger partial charge in [-0.3, -0.25) is 4.79 Å². The standard InChI is InChI=1S/C17H16FNO2/c18-14-7-5-13(6-8-14)17-15-4-2-1-3-12(15)9-10-19(17)16(21)11-20/h1-8,17,20H,9-11H2/t17-/m0/s1. The third-order valence-corrected chi connectivity index (χ3v) is 3.92. The van der Waals surface area contributed by atoms with Gasteiger partial charge in [-0.25, -0.2) is 4.39 Å². The maximum absolute atomic E-state index is 13.2. The average molecular weight is 285 g/mol. The van der Waals surface area contributed by atoms with Crippen molar-refractivity contribution in [1.82, 2.24) is 4.90 Å². The highest BCUT2D eigenvalue weighted by atomic mass is 19.1. The van der Waals surface area contributed by atoms with E-state index >= 15 is 0 Å². The highest BCUT2D eigenvalue weighted by Gasteiger charge is 2.31. The average Bonchev–Trinajstić information content (AvgIpc) is 2.54. The molecule has 1 amide bonds. The predicted octanol–water partition coefficient (Wildman–Crippen LogP) is 2.29. The summed E-state index contributed by atoms with van der Waals surface area (Å²) in [6, 6.07) is 13.9. The van der Waals surface area contributed by atoms with Crippen molar-refractivity contribution in [1.29, 1.82) is 0 Å². The Kier molecular flexibility index (Phi) is 3.71. The van der Waals surface area contributed by atoms with E-state index in [1.165, 1.54) is 17.7 Å².